The van der Waals surface area contributed by atoms with Crippen molar-refractivity contribution in [1.82, 2.24) is 15.6 Å². The van der Waals surface area contributed by atoms with Crippen LogP contribution in [0.25, 0.3) is 0 Å². The van der Waals surface area contributed by atoms with Crippen molar-refractivity contribution in [2.75, 3.05) is 0 Å². The smallest absolute Gasteiger partial charge is 0.315 e. The molecule has 0 saturated heterocycles. The molecular formula is C15H21N3O2. The van der Waals surface area contributed by atoms with Gasteiger partial charge in [0.2, 0.25) is 5.88 Å². The van der Waals surface area contributed by atoms with Crippen molar-refractivity contribution in [3.8, 4) is 5.88 Å². The second-order valence-electron chi connectivity index (χ2n) is 5.59. The normalized spacial score (nSPS) is 18.8. The average Bonchev–Trinajstić information content (AvgIpc) is 3.11. The van der Waals surface area contributed by atoms with Crippen molar-refractivity contribution in [2.24, 2.45) is 0 Å². The van der Waals surface area contributed by atoms with Crippen molar-refractivity contribution in [3.05, 3.63) is 23.9 Å². The third-order valence-electron chi connectivity index (χ3n) is 3.78. The van der Waals surface area contributed by atoms with Crippen LogP contribution < -0.4 is 15.4 Å². The molecule has 0 unspecified atom stereocenters. The van der Waals surface area contributed by atoms with Gasteiger partial charge in [0.25, 0.3) is 0 Å². The fourth-order valence-electron chi connectivity index (χ4n) is 2.47. The molecule has 0 spiro atoms. The van der Waals surface area contributed by atoms with Gasteiger partial charge in [-0.1, -0.05) is 6.07 Å². The largest absolute Gasteiger partial charge is 0.474 e. The molecule has 1 aromatic rings. The van der Waals surface area contributed by atoms with Crippen LogP contribution in [0.4, 0.5) is 4.79 Å². The Labute approximate surface area is 119 Å². The van der Waals surface area contributed by atoms with Crippen LogP contribution in [0.3, 0.4) is 0 Å². The first-order chi connectivity index (χ1) is 9.81. The van der Waals surface area contributed by atoms with Gasteiger partial charge in [-0.15, -0.1) is 0 Å². The summed E-state index contributed by atoms with van der Waals surface area (Å²) in [7, 11) is 0. The van der Waals surface area contributed by atoms with Crippen molar-refractivity contribution in [1.29, 1.82) is 0 Å². The topological polar surface area (TPSA) is 63.2 Å². The number of nitrogens with zero attached hydrogens (tertiary/aromatic N) is 1. The van der Waals surface area contributed by atoms with Crippen molar-refractivity contribution in [3.63, 3.8) is 0 Å². The third-order valence-corrected chi connectivity index (χ3v) is 3.78. The molecule has 108 valence electrons. The van der Waals surface area contributed by atoms with E-state index < -0.39 is 0 Å². The first-order valence-corrected chi connectivity index (χ1v) is 7.46. The van der Waals surface area contributed by atoms with Crippen LogP contribution in [0.2, 0.25) is 0 Å². The van der Waals surface area contributed by atoms with Crippen LogP contribution in [0.5, 0.6) is 5.88 Å². The molecule has 20 heavy (non-hydrogen) atoms. The second kappa shape index (κ2) is 6.11. The maximum atomic E-state index is 11.6. The number of hydrogen-bond acceptors (Lipinski definition) is 3. The lowest BCUT2D eigenvalue weighted by atomic mass is 10.2. The fraction of sp³-hybridized carbons (Fsp3) is 0.600. The zero-order valence-electron chi connectivity index (χ0n) is 11.6. The SMILES string of the molecule is O=C(NCc1cccnc1OC1CCCC1)NC1CC1. The number of pyridine rings is 1. The van der Waals surface area contributed by atoms with Crippen LogP contribution in [0, 0.1) is 0 Å². The van der Waals surface area contributed by atoms with E-state index in [0.717, 1.165) is 31.2 Å². The van der Waals surface area contributed by atoms with E-state index in [-0.39, 0.29) is 12.1 Å². The van der Waals surface area contributed by atoms with Crippen LogP contribution in [-0.4, -0.2) is 23.2 Å². The summed E-state index contributed by atoms with van der Waals surface area (Å²) in [6.45, 7) is 0.453. The number of nitrogens with one attached hydrogen (secondary N) is 2. The minimum absolute atomic E-state index is 0.108. The molecule has 2 aliphatic carbocycles. The zero-order chi connectivity index (χ0) is 13.8. The highest BCUT2D eigenvalue weighted by Crippen LogP contribution is 2.25. The van der Waals surface area contributed by atoms with Gasteiger partial charge in [0, 0.05) is 24.3 Å². The van der Waals surface area contributed by atoms with E-state index in [9.17, 15) is 4.79 Å². The number of urea groups is 1. The second-order valence-corrected chi connectivity index (χ2v) is 5.59. The van der Waals surface area contributed by atoms with Crippen molar-refractivity contribution >= 4 is 6.03 Å². The van der Waals surface area contributed by atoms with Crippen LogP contribution in [0.1, 0.15) is 44.1 Å². The predicted molar refractivity (Wildman–Crippen MR) is 75.5 cm³/mol. The van der Waals surface area contributed by atoms with Crippen LogP contribution in [-0.2, 0) is 6.54 Å². The van der Waals surface area contributed by atoms with E-state index in [1.807, 2.05) is 12.1 Å². The first-order valence-electron chi connectivity index (χ1n) is 7.46. The molecule has 2 N–H and O–H groups in total. The van der Waals surface area contributed by atoms with E-state index in [4.69, 9.17) is 4.74 Å². The highest BCUT2D eigenvalue weighted by atomic mass is 16.5. The molecule has 0 bridgehead atoms. The summed E-state index contributed by atoms with van der Waals surface area (Å²) in [5.74, 6) is 0.658. The van der Waals surface area contributed by atoms with Gasteiger partial charge in [0.15, 0.2) is 0 Å². The molecule has 5 nitrogen and oxygen atoms in total. The molecule has 3 rings (SSSR count). The molecule has 2 fully saturated rings. The van der Waals surface area contributed by atoms with Gasteiger partial charge in [0.05, 0.1) is 0 Å². The summed E-state index contributed by atoms with van der Waals surface area (Å²) in [6, 6.07) is 4.09. The Bertz CT molecular complexity index is 468. The maximum absolute atomic E-state index is 11.6. The number of carbonyl (C=O) groups excluding carboxylic acids is 1. The van der Waals surface area contributed by atoms with Crippen LogP contribution in [0.15, 0.2) is 18.3 Å². The average molecular weight is 275 g/mol. The Morgan fingerprint density at radius 3 is 2.85 bits per heavy atom. The predicted octanol–water partition coefficient (Wildman–Crippen LogP) is 2.36. The molecular weight excluding hydrogens is 254 g/mol. The molecule has 1 heterocycles. The van der Waals surface area contributed by atoms with Gasteiger partial charge in [-0.25, -0.2) is 9.78 Å². The van der Waals surface area contributed by atoms with E-state index >= 15 is 0 Å². The van der Waals surface area contributed by atoms with E-state index in [0.29, 0.717) is 18.5 Å². The molecule has 2 amide bonds. The Kier molecular flexibility index (Phi) is 4.04. The Morgan fingerprint density at radius 2 is 2.10 bits per heavy atom. The fourth-order valence-corrected chi connectivity index (χ4v) is 2.47. The first kappa shape index (κ1) is 13.2. The molecule has 1 aromatic heterocycles. The third kappa shape index (κ3) is 3.62. The summed E-state index contributed by atoms with van der Waals surface area (Å²) >= 11 is 0. The number of ether oxygens (including phenoxy) is 1. The Balaban J connectivity index is 1.55. The number of amides is 2. The van der Waals surface area contributed by atoms with Gasteiger partial charge >= 0.3 is 6.03 Å². The van der Waals surface area contributed by atoms with Crippen LogP contribution >= 0.6 is 0 Å². The summed E-state index contributed by atoms with van der Waals surface area (Å²) in [5, 5.41) is 5.77. The summed E-state index contributed by atoms with van der Waals surface area (Å²) in [4.78, 5) is 15.9. The Morgan fingerprint density at radius 1 is 1.30 bits per heavy atom. The molecule has 2 saturated carbocycles. The molecule has 0 atom stereocenters. The summed E-state index contributed by atoms with van der Waals surface area (Å²) < 4.78 is 5.95. The highest BCUT2D eigenvalue weighted by molar-refractivity contribution is 5.74. The van der Waals surface area contributed by atoms with E-state index in [2.05, 4.69) is 15.6 Å². The van der Waals surface area contributed by atoms with Gasteiger partial charge in [0.1, 0.15) is 6.10 Å². The van der Waals surface area contributed by atoms with Crippen molar-refractivity contribution < 1.29 is 9.53 Å². The number of rotatable bonds is 5. The molecule has 2 aliphatic rings. The lowest BCUT2D eigenvalue weighted by Crippen LogP contribution is -2.36. The minimum Gasteiger partial charge on any atom is -0.474 e. The quantitative estimate of drug-likeness (QED) is 0.867. The zero-order valence-corrected chi connectivity index (χ0v) is 11.6. The lowest BCUT2D eigenvalue weighted by Gasteiger charge is -2.15. The van der Waals surface area contributed by atoms with Gasteiger partial charge in [-0.3, -0.25) is 0 Å². The Hall–Kier alpha value is -1.78. The van der Waals surface area contributed by atoms with Crippen molar-refractivity contribution in [2.45, 2.75) is 57.2 Å². The van der Waals surface area contributed by atoms with Gasteiger partial charge in [-0.2, -0.15) is 0 Å². The number of hydrogen-bond donors (Lipinski definition) is 2. The molecule has 0 radical (unpaired) electrons. The number of aromatic nitrogens is 1. The van der Waals surface area contributed by atoms with E-state index in [1.165, 1.54) is 12.8 Å². The monoisotopic (exact) mass is 275 g/mol. The lowest BCUT2D eigenvalue weighted by molar-refractivity contribution is 0.198. The minimum atomic E-state index is -0.108. The van der Waals surface area contributed by atoms with E-state index in [1.54, 1.807) is 6.20 Å². The standard InChI is InChI=1S/C15H21N3O2/c19-15(18-12-7-8-12)17-10-11-4-3-9-16-14(11)20-13-5-1-2-6-13/h3-4,9,12-13H,1-2,5-8,10H2,(H2,17,18,19). The molecule has 0 aliphatic heterocycles. The van der Waals surface area contributed by atoms with Gasteiger partial charge in [-0.05, 0) is 44.6 Å². The van der Waals surface area contributed by atoms with Gasteiger partial charge < -0.3 is 15.4 Å². The molecule has 0 aromatic carbocycles. The molecule has 5 heteroatoms. The summed E-state index contributed by atoms with van der Waals surface area (Å²) in [5.41, 5.74) is 0.936. The summed E-state index contributed by atoms with van der Waals surface area (Å²) in [6.07, 6.45) is 8.87. The highest BCUT2D eigenvalue weighted by Gasteiger charge is 2.23. The maximum Gasteiger partial charge on any atom is 0.315 e. The number of carbonyl (C=O) groups is 1.